The molecule has 212 valence electrons. The van der Waals surface area contributed by atoms with Crippen molar-refractivity contribution in [2.45, 2.75) is 19.7 Å². The molecule has 6 rings (SSSR count). The lowest BCUT2D eigenvalue weighted by molar-refractivity contribution is 0.0300. The number of ether oxygens (including phenoxy) is 1. The highest BCUT2D eigenvalue weighted by atomic mass is 35.5. The highest BCUT2D eigenvalue weighted by Gasteiger charge is 2.26. The molecule has 1 saturated heterocycles. The van der Waals surface area contributed by atoms with Crippen molar-refractivity contribution in [2.24, 2.45) is 4.99 Å². The minimum atomic E-state index is -0.0178. The van der Waals surface area contributed by atoms with Crippen LogP contribution in [0.5, 0.6) is 0 Å². The number of carbonyl (C=O) groups excluding carboxylic acids is 1. The van der Waals surface area contributed by atoms with Gasteiger partial charge < -0.3 is 14.6 Å². The molecule has 2 aliphatic rings. The Hall–Kier alpha value is -2.85. The zero-order chi connectivity index (χ0) is 28.9. The lowest BCUT2D eigenvalue weighted by atomic mass is 10.2. The summed E-state index contributed by atoms with van der Waals surface area (Å²) >= 11 is 16.9. The van der Waals surface area contributed by atoms with Crippen molar-refractivity contribution in [2.75, 3.05) is 26.3 Å². The van der Waals surface area contributed by atoms with Crippen LogP contribution in [0, 0.1) is 0 Å². The van der Waals surface area contributed by atoms with E-state index >= 15 is 0 Å². The highest BCUT2D eigenvalue weighted by Crippen LogP contribution is 2.42. The Bertz CT molecular complexity index is 1660. The zero-order valence-electron chi connectivity index (χ0n) is 22.3. The molecule has 42 heavy (non-hydrogen) atoms. The second kappa shape index (κ2) is 13.6. The van der Waals surface area contributed by atoms with E-state index in [2.05, 4.69) is 17.1 Å². The number of halogens is 2. The summed E-state index contributed by atoms with van der Waals surface area (Å²) in [5.74, 6) is -0.0178. The summed E-state index contributed by atoms with van der Waals surface area (Å²) in [6.07, 6.45) is 4.05. The molecular formula is C32H25Cl2N3O2S3. The molecular weight excluding hydrogens is 625 g/mol. The average molecular weight is 651 g/mol. The number of aromatic amines is 1. The van der Waals surface area contributed by atoms with Gasteiger partial charge in [-0.15, -0.1) is 0 Å². The van der Waals surface area contributed by atoms with Crippen molar-refractivity contribution < 1.29 is 9.53 Å². The summed E-state index contributed by atoms with van der Waals surface area (Å²) in [6.45, 7) is 2.20. The standard InChI is InChI=1S/C32H25Cl2N3O2S3/c33-21-6-10-24(11-7-21)40-29-15-14-27(35-29)30(41-23-4-2-1-3-5-23)28-20-26(32(38)37-16-18-39-19-17-37)31(36-28)42-25-12-8-22(34)9-13-25/h1-15,20,36H,16-19H2. The van der Waals surface area contributed by atoms with Crippen LogP contribution in [0.4, 0.5) is 0 Å². The third-order valence-electron chi connectivity index (χ3n) is 6.43. The number of nitrogens with zero attached hydrogens (tertiary/aromatic N) is 2. The molecule has 1 fully saturated rings. The fourth-order valence-corrected chi connectivity index (χ4v) is 7.29. The molecule has 10 heteroatoms. The molecule has 5 nitrogen and oxygen atoms in total. The van der Waals surface area contributed by atoms with E-state index in [-0.39, 0.29) is 5.91 Å². The van der Waals surface area contributed by atoms with Crippen molar-refractivity contribution >= 4 is 74.3 Å². The number of hydrogen-bond donors (Lipinski definition) is 1. The second-order valence-electron chi connectivity index (χ2n) is 9.36. The van der Waals surface area contributed by atoms with Crippen LogP contribution in [-0.2, 0) is 4.74 Å². The monoisotopic (exact) mass is 649 g/mol. The number of aromatic nitrogens is 1. The van der Waals surface area contributed by atoms with Crippen LogP contribution in [0.3, 0.4) is 0 Å². The van der Waals surface area contributed by atoms with E-state index < -0.39 is 0 Å². The van der Waals surface area contributed by atoms with Crippen molar-refractivity contribution in [1.29, 1.82) is 0 Å². The van der Waals surface area contributed by atoms with Crippen molar-refractivity contribution in [3.05, 3.63) is 124 Å². The van der Waals surface area contributed by atoms with E-state index in [1.165, 1.54) is 11.8 Å². The molecule has 0 bridgehead atoms. The number of nitrogens with one attached hydrogen (secondary N) is 1. The van der Waals surface area contributed by atoms with E-state index in [0.29, 0.717) is 41.9 Å². The van der Waals surface area contributed by atoms with Crippen LogP contribution in [0.1, 0.15) is 16.1 Å². The molecule has 0 spiro atoms. The number of H-pyrrole nitrogens is 1. The van der Waals surface area contributed by atoms with Crippen LogP contribution in [0.2, 0.25) is 10.0 Å². The second-order valence-corrected chi connectivity index (χ2v) is 13.5. The molecule has 1 amide bonds. The first kappa shape index (κ1) is 29.2. The Kier molecular flexibility index (Phi) is 9.49. The molecule has 0 radical (unpaired) electrons. The van der Waals surface area contributed by atoms with Gasteiger partial charge in [0.1, 0.15) is 5.04 Å². The van der Waals surface area contributed by atoms with Crippen molar-refractivity contribution in [3.63, 3.8) is 0 Å². The van der Waals surface area contributed by atoms with Gasteiger partial charge in [-0.1, -0.05) is 76.7 Å². The maximum Gasteiger partial charge on any atom is 0.256 e. The number of allylic oxidation sites excluding steroid dienone is 1. The fraction of sp³-hybridized carbons (Fsp3) is 0.125. The highest BCUT2D eigenvalue weighted by molar-refractivity contribution is 8.14. The predicted molar refractivity (Wildman–Crippen MR) is 176 cm³/mol. The third kappa shape index (κ3) is 7.19. The summed E-state index contributed by atoms with van der Waals surface area (Å²) in [6, 6.07) is 27.5. The molecule has 4 aromatic rings. The van der Waals surface area contributed by atoms with Gasteiger partial charge >= 0.3 is 0 Å². The quantitative estimate of drug-likeness (QED) is 0.202. The number of rotatable bonds is 7. The number of amides is 1. The largest absolute Gasteiger partial charge is 0.378 e. The van der Waals surface area contributed by atoms with Gasteiger partial charge in [0.15, 0.2) is 0 Å². The number of carbonyl (C=O) groups is 1. The van der Waals surface area contributed by atoms with Gasteiger partial charge in [-0.3, -0.25) is 4.79 Å². The molecule has 3 heterocycles. The summed E-state index contributed by atoms with van der Waals surface area (Å²) in [5, 5.41) is 3.02. The normalized spacial score (nSPS) is 16.0. The molecule has 1 N–H and O–H groups in total. The van der Waals surface area contributed by atoms with Crippen LogP contribution in [-0.4, -0.2) is 47.1 Å². The van der Waals surface area contributed by atoms with Gasteiger partial charge in [-0.05, 0) is 78.9 Å². The van der Waals surface area contributed by atoms with Crippen LogP contribution >= 0.6 is 58.5 Å². The smallest absolute Gasteiger partial charge is 0.256 e. The molecule has 1 aromatic heterocycles. The van der Waals surface area contributed by atoms with Gasteiger partial charge in [0.25, 0.3) is 5.91 Å². The lowest BCUT2D eigenvalue weighted by Crippen LogP contribution is -2.40. The Morgan fingerprint density at radius 2 is 1.45 bits per heavy atom. The van der Waals surface area contributed by atoms with Crippen molar-refractivity contribution in [3.8, 4) is 0 Å². The van der Waals surface area contributed by atoms with Crippen LogP contribution in [0.15, 0.2) is 127 Å². The number of hydrogen-bond acceptors (Lipinski definition) is 6. The molecule has 0 saturated carbocycles. The Morgan fingerprint density at radius 1 is 0.810 bits per heavy atom. The minimum absolute atomic E-state index is 0.0178. The molecule has 0 unspecified atom stereocenters. The fourth-order valence-electron chi connectivity index (χ4n) is 4.36. The van der Waals surface area contributed by atoms with Gasteiger partial charge in [0.05, 0.1) is 40.1 Å². The first-order valence-corrected chi connectivity index (χ1v) is 16.4. The van der Waals surface area contributed by atoms with Gasteiger partial charge in [-0.2, -0.15) is 0 Å². The SMILES string of the molecule is O=C(c1cc(C(Sc2ccccc2)=C2C=CC(Sc3ccc(Cl)cc3)=N2)[nH]c1Sc1ccc(Cl)cc1)N1CCOCC1. The van der Waals surface area contributed by atoms with Crippen LogP contribution < -0.4 is 0 Å². The number of aliphatic imine (C=N–C) groups is 1. The van der Waals surface area contributed by atoms with Gasteiger partial charge in [0.2, 0.25) is 0 Å². The molecule has 2 aliphatic heterocycles. The summed E-state index contributed by atoms with van der Waals surface area (Å²) < 4.78 is 5.50. The zero-order valence-corrected chi connectivity index (χ0v) is 26.2. The molecule has 0 aliphatic carbocycles. The first-order valence-electron chi connectivity index (χ1n) is 13.2. The summed E-state index contributed by atoms with van der Waals surface area (Å²) in [7, 11) is 0. The van der Waals surface area contributed by atoms with E-state index in [4.69, 9.17) is 32.9 Å². The maximum atomic E-state index is 13.8. The molecule has 3 aromatic carbocycles. The van der Waals surface area contributed by atoms with Gasteiger partial charge in [-0.25, -0.2) is 4.99 Å². The Morgan fingerprint density at radius 3 is 2.12 bits per heavy atom. The van der Waals surface area contributed by atoms with Crippen LogP contribution in [0.25, 0.3) is 4.91 Å². The van der Waals surface area contributed by atoms with E-state index in [1.54, 1.807) is 23.5 Å². The lowest BCUT2D eigenvalue weighted by Gasteiger charge is -2.26. The first-order chi connectivity index (χ1) is 20.5. The van der Waals surface area contributed by atoms with Gasteiger partial charge in [0, 0.05) is 37.8 Å². The third-order valence-corrected chi connectivity index (χ3v) is 10.1. The summed E-state index contributed by atoms with van der Waals surface area (Å²) in [4.78, 5) is 28.3. The minimum Gasteiger partial charge on any atom is -0.378 e. The Labute approximate surface area is 267 Å². The maximum absolute atomic E-state index is 13.8. The number of benzene rings is 3. The average Bonchev–Trinajstić information content (AvgIpc) is 3.66. The predicted octanol–water partition coefficient (Wildman–Crippen LogP) is 9.17. The number of thioether (sulfide) groups is 2. The van der Waals surface area contributed by atoms with E-state index in [9.17, 15) is 4.79 Å². The topological polar surface area (TPSA) is 57.7 Å². The Balaban J connectivity index is 1.40. The van der Waals surface area contributed by atoms with Crippen molar-refractivity contribution in [1.82, 2.24) is 9.88 Å². The number of morpholine rings is 1. The van der Waals surface area contributed by atoms with E-state index in [0.717, 1.165) is 41.1 Å². The summed E-state index contributed by atoms with van der Waals surface area (Å²) in [5.41, 5.74) is 2.29. The molecule has 0 atom stereocenters. The van der Waals surface area contributed by atoms with E-state index in [1.807, 2.05) is 89.8 Å².